The second-order valence-corrected chi connectivity index (χ2v) is 6.00. The van der Waals surface area contributed by atoms with Crippen LogP contribution in [0.15, 0.2) is 54.6 Å². The molecule has 1 aliphatic rings. The highest BCUT2D eigenvalue weighted by Crippen LogP contribution is 2.29. The number of rotatable bonds is 6. The summed E-state index contributed by atoms with van der Waals surface area (Å²) in [5.41, 5.74) is 2.20. The topological polar surface area (TPSA) is 50.4 Å². The van der Waals surface area contributed by atoms with Gasteiger partial charge in [-0.25, -0.2) is 0 Å². The van der Waals surface area contributed by atoms with Gasteiger partial charge < -0.3 is 15.4 Å². The first-order valence-electron chi connectivity index (χ1n) is 8.63. The van der Waals surface area contributed by atoms with Crippen LogP contribution in [0.1, 0.15) is 19.3 Å². The molecule has 126 valence electrons. The van der Waals surface area contributed by atoms with E-state index in [1.807, 2.05) is 36.4 Å². The van der Waals surface area contributed by atoms with E-state index in [1.165, 1.54) is 0 Å². The molecular weight excluding hydrogens is 300 g/mol. The molecule has 0 bridgehead atoms. The molecule has 1 heterocycles. The first-order chi connectivity index (χ1) is 11.8. The first-order valence-corrected chi connectivity index (χ1v) is 8.63. The van der Waals surface area contributed by atoms with Gasteiger partial charge in [-0.3, -0.25) is 4.79 Å². The number of benzene rings is 2. The Labute approximate surface area is 143 Å². The Hall–Kier alpha value is -2.33. The smallest absolute Gasteiger partial charge is 0.237 e. The van der Waals surface area contributed by atoms with Crippen LogP contribution in [-0.4, -0.2) is 31.6 Å². The van der Waals surface area contributed by atoms with E-state index >= 15 is 0 Å². The van der Waals surface area contributed by atoms with E-state index in [4.69, 9.17) is 4.74 Å². The molecule has 0 aliphatic carbocycles. The van der Waals surface area contributed by atoms with Crippen LogP contribution in [0.2, 0.25) is 0 Å². The maximum Gasteiger partial charge on any atom is 0.237 e. The van der Waals surface area contributed by atoms with Crippen molar-refractivity contribution in [1.82, 2.24) is 10.6 Å². The van der Waals surface area contributed by atoms with E-state index in [-0.39, 0.29) is 11.9 Å². The molecule has 1 aliphatic heterocycles. The Morgan fingerprint density at radius 1 is 1.08 bits per heavy atom. The van der Waals surface area contributed by atoms with Gasteiger partial charge in [-0.2, -0.15) is 0 Å². The molecule has 1 amide bonds. The first kappa shape index (κ1) is 16.5. The number of hydrogen-bond donors (Lipinski definition) is 2. The van der Waals surface area contributed by atoms with Gasteiger partial charge in [0.1, 0.15) is 12.4 Å². The van der Waals surface area contributed by atoms with Crippen LogP contribution < -0.4 is 15.4 Å². The van der Waals surface area contributed by atoms with Crippen LogP contribution in [0.5, 0.6) is 5.75 Å². The number of amides is 1. The van der Waals surface area contributed by atoms with Gasteiger partial charge in [0.15, 0.2) is 0 Å². The quantitative estimate of drug-likeness (QED) is 0.803. The van der Waals surface area contributed by atoms with Gasteiger partial charge in [0.25, 0.3) is 0 Å². The zero-order valence-electron chi connectivity index (χ0n) is 13.8. The van der Waals surface area contributed by atoms with Crippen LogP contribution in [-0.2, 0) is 4.79 Å². The molecule has 0 aromatic heterocycles. The molecule has 0 radical (unpaired) electrons. The van der Waals surface area contributed by atoms with Gasteiger partial charge in [0, 0.05) is 5.56 Å². The average Bonchev–Trinajstić information content (AvgIpc) is 2.67. The minimum Gasteiger partial charge on any atom is -0.491 e. The Balaban J connectivity index is 1.51. The predicted molar refractivity (Wildman–Crippen MR) is 96.0 cm³/mol. The number of carbonyl (C=O) groups is 1. The summed E-state index contributed by atoms with van der Waals surface area (Å²) >= 11 is 0. The molecule has 4 nitrogen and oxygen atoms in total. The SMILES string of the molecule is O=C(NCCOc1ccccc1-c1ccccc1)C1CCCCN1. The standard InChI is InChI=1S/C20H24N2O2/c23-20(18-11-6-7-13-21-18)22-14-15-24-19-12-5-4-10-17(19)16-8-2-1-3-9-16/h1-5,8-10,12,18,21H,6-7,11,13-15H2,(H,22,23). The van der Waals surface area contributed by atoms with Gasteiger partial charge in [-0.05, 0) is 31.0 Å². The summed E-state index contributed by atoms with van der Waals surface area (Å²) in [5, 5.41) is 6.21. The van der Waals surface area contributed by atoms with Crippen molar-refractivity contribution < 1.29 is 9.53 Å². The molecule has 2 aromatic carbocycles. The van der Waals surface area contributed by atoms with Crippen LogP contribution in [0.3, 0.4) is 0 Å². The molecule has 2 N–H and O–H groups in total. The lowest BCUT2D eigenvalue weighted by Gasteiger charge is -2.22. The zero-order valence-corrected chi connectivity index (χ0v) is 13.8. The Morgan fingerprint density at radius 2 is 1.88 bits per heavy atom. The summed E-state index contributed by atoms with van der Waals surface area (Å²) < 4.78 is 5.89. The van der Waals surface area contributed by atoms with Crippen molar-refractivity contribution in [2.24, 2.45) is 0 Å². The lowest BCUT2D eigenvalue weighted by molar-refractivity contribution is -0.123. The minimum absolute atomic E-state index is 0.0460. The van der Waals surface area contributed by atoms with Crippen LogP contribution >= 0.6 is 0 Å². The fourth-order valence-corrected chi connectivity index (χ4v) is 2.98. The molecule has 1 saturated heterocycles. The maximum atomic E-state index is 12.1. The Bertz CT molecular complexity index is 652. The van der Waals surface area contributed by atoms with Crippen LogP contribution in [0, 0.1) is 0 Å². The predicted octanol–water partition coefficient (Wildman–Crippen LogP) is 2.99. The monoisotopic (exact) mass is 324 g/mol. The normalized spacial score (nSPS) is 17.2. The van der Waals surface area contributed by atoms with E-state index in [9.17, 15) is 4.79 Å². The summed E-state index contributed by atoms with van der Waals surface area (Å²) in [7, 11) is 0. The van der Waals surface area contributed by atoms with Crippen molar-refractivity contribution in [3.8, 4) is 16.9 Å². The van der Waals surface area contributed by atoms with E-state index in [0.717, 1.165) is 42.7 Å². The van der Waals surface area contributed by atoms with Crippen LogP contribution in [0.4, 0.5) is 0 Å². The van der Waals surface area contributed by atoms with Gasteiger partial charge in [-0.15, -0.1) is 0 Å². The van der Waals surface area contributed by atoms with E-state index < -0.39 is 0 Å². The number of ether oxygens (including phenoxy) is 1. The average molecular weight is 324 g/mol. The minimum atomic E-state index is -0.0460. The molecule has 24 heavy (non-hydrogen) atoms. The summed E-state index contributed by atoms with van der Waals surface area (Å²) in [6.07, 6.45) is 3.19. The number of para-hydroxylation sites is 1. The van der Waals surface area contributed by atoms with Crippen molar-refractivity contribution in [2.75, 3.05) is 19.7 Å². The second kappa shape index (κ2) is 8.50. The lowest BCUT2D eigenvalue weighted by atomic mass is 10.0. The summed E-state index contributed by atoms with van der Waals surface area (Å²) in [6, 6.07) is 18.1. The molecule has 4 heteroatoms. The van der Waals surface area contributed by atoms with Gasteiger partial charge in [-0.1, -0.05) is 55.0 Å². The van der Waals surface area contributed by atoms with Crippen molar-refractivity contribution in [3.63, 3.8) is 0 Å². The highest BCUT2D eigenvalue weighted by molar-refractivity contribution is 5.81. The molecule has 1 fully saturated rings. The number of piperidine rings is 1. The molecule has 0 spiro atoms. The molecule has 1 atom stereocenters. The Morgan fingerprint density at radius 3 is 2.67 bits per heavy atom. The number of carbonyl (C=O) groups excluding carboxylic acids is 1. The van der Waals surface area contributed by atoms with Crippen molar-refractivity contribution in [2.45, 2.75) is 25.3 Å². The van der Waals surface area contributed by atoms with Gasteiger partial charge in [0.2, 0.25) is 5.91 Å². The van der Waals surface area contributed by atoms with E-state index in [0.29, 0.717) is 13.2 Å². The molecular formula is C20H24N2O2. The largest absolute Gasteiger partial charge is 0.491 e. The highest BCUT2D eigenvalue weighted by atomic mass is 16.5. The molecule has 3 rings (SSSR count). The second-order valence-electron chi connectivity index (χ2n) is 6.00. The van der Waals surface area contributed by atoms with Crippen molar-refractivity contribution in [1.29, 1.82) is 0 Å². The third-order valence-electron chi connectivity index (χ3n) is 4.26. The lowest BCUT2D eigenvalue weighted by Crippen LogP contribution is -2.47. The van der Waals surface area contributed by atoms with Crippen LogP contribution in [0.25, 0.3) is 11.1 Å². The number of nitrogens with one attached hydrogen (secondary N) is 2. The van der Waals surface area contributed by atoms with E-state index in [1.54, 1.807) is 0 Å². The fourth-order valence-electron chi connectivity index (χ4n) is 2.98. The van der Waals surface area contributed by atoms with Crippen molar-refractivity contribution >= 4 is 5.91 Å². The summed E-state index contributed by atoms with van der Waals surface area (Å²) in [4.78, 5) is 12.1. The molecule has 1 unspecified atom stereocenters. The van der Waals surface area contributed by atoms with Gasteiger partial charge in [0.05, 0.1) is 12.6 Å². The third kappa shape index (κ3) is 4.36. The summed E-state index contributed by atoms with van der Waals surface area (Å²) in [5.74, 6) is 0.920. The summed E-state index contributed by atoms with van der Waals surface area (Å²) in [6.45, 7) is 1.90. The number of hydrogen-bond acceptors (Lipinski definition) is 3. The van der Waals surface area contributed by atoms with Crippen molar-refractivity contribution in [3.05, 3.63) is 54.6 Å². The Kier molecular flexibility index (Phi) is 5.85. The third-order valence-corrected chi connectivity index (χ3v) is 4.26. The molecule has 2 aromatic rings. The zero-order chi connectivity index (χ0) is 16.6. The maximum absolute atomic E-state index is 12.1. The highest BCUT2D eigenvalue weighted by Gasteiger charge is 2.19. The molecule has 0 saturated carbocycles. The fraction of sp³-hybridized carbons (Fsp3) is 0.350. The van der Waals surface area contributed by atoms with Gasteiger partial charge >= 0.3 is 0 Å². The van der Waals surface area contributed by atoms with E-state index in [2.05, 4.69) is 28.8 Å².